The lowest BCUT2D eigenvalue weighted by molar-refractivity contribution is -0.131. The van der Waals surface area contributed by atoms with E-state index < -0.39 is 0 Å². The van der Waals surface area contributed by atoms with Gasteiger partial charge in [-0.1, -0.05) is 43.2 Å². The van der Waals surface area contributed by atoms with Crippen LogP contribution < -0.4 is 5.32 Å². The fraction of sp³-hybridized carbons (Fsp3) is 0.588. The van der Waals surface area contributed by atoms with Crippen LogP contribution in [0.4, 0.5) is 0 Å². The van der Waals surface area contributed by atoms with E-state index in [1.165, 1.54) is 12.8 Å². The van der Waals surface area contributed by atoms with Gasteiger partial charge in [0.05, 0.1) is 5.41 Å². The lowest BCUT2D eigenvalue weighted by atomic mass is 9.73. The van der Waals surface area contributed by atoms with Crippen molar-refractivity contribution in [1.29, 1.82) is 0 Å². The first kappa shape index (κ1) is 13.6. The summed E-state index contributed by atoms with van der Waals surface area (Å²) in [4.78, 5) is 12.9. The standard InChI is InChI=1S/C17H23NO2/c19-16(18-15-8-4-5-9-15)17(10-12-20-13-11-17)14-6-2-1-3-7-14/h1-3,6-7,15H,4-5,8-13H2,(H,18,19). The molecule has 1 heterocycles. The third-order valence-corrected chi connectivity index (χ3v) is 4.80. The molecule has 1 N–H and O–H groups in total. The zero-order chi connectivity index (χ0) is 13.8. The van der Waals surface area contributed by atoms with E-state index in [9.17, 15) is 4.79 Å². The summed E-state index contributed by atoms with van der Waals surface area (Å²) in [5, 5.41) is 3.29. The van der Waals surface area contributed by atoms with Gasteiger partial charge in [-0.05, 0) is 31.2 Å². The molecule has 0 bridgehead atoms. The zero-order valence-electron chi connectivity index (χ0n) is 11.9. The third-order valence-electron chi connectivity index (χ3n) is 4.80. The van der Waals surface area contributed by atoms with Crippen molar-refractivity contribution >= 4 is 5.91 Å². The molecule has 1 aromatic rings. The van der Waals surface area contributed by atoms with Gasteiger partial charge >= 0.3 is 0 Å². The summed E-state index contributed by atoms with van der Waals surface area (Å²) in [5.41, 5.74) is 0.751. The van der Waals surface area contributed by atoms with Gasteiger partial charge in [-0.15, -0.1) is 0 Å². The fourth-order valence-corrected chi connectivity index (χ4v) is 3.52. The quantitative estimate of drug-likeness (QED) is 0.919. The average Bonchev–Trinajstić information content (AvgIpc) is 3.02. The number of hydrogen-bond donors (Lipinski definition) is 1. The van der Waals surface area contributed by atoms with Crippen LogP contribution in [0.2, 0.25) is 0 Å². The Balaban J connectivity index is 1.83. The molecule has 108 valence electrons. The normalized spacial score (nSPS) is 22.6. The van der Waals surface area contributed by atoms with Gasteiger partial charge in [0.25, 0.3) is 0 Å². The number of rotatable bonds is 3. The second-order valence-electron chi connectivity index (χ2n) is 6.02. The molecular formula is C17H23NO2. The van der Waals surface area contributed by atoms with Crippen molar-refractivity contribution in [2.24, 2.45) is 0 Å². The van der Waals surface area contributed by atoms with Crippen LogP contribution in [-0.2, 0) is 14.9 Å². The van der Waals surface area contributed by atoms with Gasteiger partial charge in [0, 0.05) is 19.3 Å². The van der Waals surface area contributed by atoms with Crippen LogP contribution in [0.3, 0.4) is 0 Å². The predicted molar refractivity (Wildman–Crippen MR) is 78.6 cm³/mol. The minimum Gasteiger partial charge on any atom is -0.381 e. The van der Waals surface area contributed by atoms with Crippen LogP contribution >= 0.6 is 0 Å². The summed E-state index contributed by atoms with van der Waals surface area (Å²) in [6.07, 6.45) is 6.32. The molecule has 1 aliphatic heterocycles. The molecule has 0 atom stereocenters. The molecule has 1 saturated carbocycles. The van der Waals surface area contributed by atoms with E-state index in [2.05, 4.69) is 17.4 Å². The number of ether oxygens (including phenoxy) is 1. The maximum absolute atomic E-state index is 12.9. The smallest absolute Gasteiger partial charge is 0.231 e. The number of carbonyl (C=O) groups is 1. The van der Waals surface area contributed by atoms with Crippen LogP contribution in [0.25, 0.3) is 0 Å². The van der Waals surface area contributed by atoms with Crippen LogP contribution in [-0.4, -0.2) is 25.2 Å². The summed E-state index contributed by atoms with van der Waals surface area (Å²) < 4.78 is 5.49. The van der Waals surface area contributed by atoms with E-state index in [-0.39, 0.29) is 11.3 Å². The molecular weight excluding hydrogens is 250 g/mol. The van der Waals surface area contributed by atoms with E-state index in [4.69, 9.17) is 4.74 Å². The number of benzene rings is 1. The van der Waals surface area contributed by atoms with E-state index in [1.54, 1.807) is 0 Å². The van der Waals surface area contributed by atoms with Gasteiger partial charge < -0.3 is 10.1 Å². The maximum Gasteiger partial charge on any atom is 0.231 e. The van der Waals surface area contributed by atoms with E-state index in [1.807, 2.05) is 18.2 Å². The lowest BCUT2D eigenvalue weighted by Gasteiger charge is -2.37. The van der Waals surface area contributed by atoms with Crippen LogP contribution in [0.1, 0.15) is 44.1 Å². The Morgan fingerprint density at radius 1 is 1.10 bits per heavy atom. The molecule has 2 aliphatic rings. The highest BCUT2D eigenvalue weighted by Crippen LogP contribution is 2.35. The molecule has 0 aromatic heterocycles. The van der Waals surface area contributed by atoms with E-state index in [0.29, 0.717) is 19.3 Å². The van der Waals surface area contributed by atoms with Crippen molar-refractivity contribution in [2.45, 2.75) is 50.0 Å². The van der Waals surface area contributed by atoms with Crippen molar-refractivity contribution in [3.63, 3.8) is 0 Å². The van der Waals surface area contributed by atoms with Crippen LogP contribution in [0.5, 0.6) is 0 Å². The van der Waals surface area contributed by atoms with E-state index in [0.717, 1.165) is 31.2 Å². The van der Waals surface area contributed by atoms with Crippen molar-refractivity contribution < 1.29 is 9.53 Å². The molecule has 1 amide bonds. The Morgan fingerprint density at radius 2 is 1.75 bits per heavy atom. The van der Waals surface area contributed by atoms with Gasteiger partial charge in [0.2, 0.25) is 5.91 Å². The highest BCUT2D eigenvalue weighted by molar-refractivity contribution is 5.88. The molecule has 2 fully saturated rings. The molecule has 1 aliphatic carbocycles. The van der Waals surface area contributed by atoms with Crippen molar-refractivity contribution in [2.75, 3.05) is 13.2 Å². The maximum atomic E-state index is 12.9. The Bertz CT molecular complexity index is 445. The lowest BCUT2D eigenvalue weighted by Crippen LogP contribution is -2.50. The number of carbonyl (C=O) groups excluding carboxylic acids is 1. The molecule has 20 heavy (non-hydrogen) atoms. The summed E-state index contributed by atoms with van der Waals surface area (Å²) in [6.45, 7) is 1.35. The molecule has 1 saturated heterocycles. The topological polar surface area (TPSA) is 38.3 Å². The Hall–Kier alpha value is -1.35. The highest BCUT2D eigenvalue weighted by Gasteiger charge is 2.42. The molecule has 0 unspecified atom stereocenters. The fourth-order valence-electron chi connectivity index (χ4n) is 3.52. The summed E-state index contributed by atoms with van der Waals surface area (Å²) in [6, 6.07) is 10.6. The van der Waals surface area contributed by atoms with Gasteiger partial charge in [-0.2, -0.15) is 0 Å². The van der Waals surface area contributed by atoms with Crippen molar-refractivity contribution in [3.05, 3.63) is 35.9 Å². The molecule has 0 radical (unpaired) electrons. The minimum absolute atomic E-state index is 0.207. The molecule has 3 nitrogen and oxygen atoms in total. The second-order valence-corrected chi connectivity index (χ2v) is 6.02. The average molecular weight is 273 g/mol. The first-order chi connectivity index (χ1) is 9.81. The Morgan fingerprint density at radius 3 is 2.40 bits per heavy atom. The SMILES string of the molecule is O=C(NC1CCCC1)C1(c2ccccc2)CCOCC1. The molecule has 3 heteroatoms. The first-order valence-electron chi connectivity index (χ1n) is 7.75. The largest absolute Gasteiger partial charge is 0.381 e. The monoisotopic (exact) mass is 273 g/mol. The molecule has 0 spiro atoms. The van der Waals surface area contributed by atoms with Crippen molar-refractivity contribution in [3.8, 4) is 0 Å². The predicted octanol–water partition coefficient (Wildman–Crippen LogP) is 2.79. The number of amides is 1. The van der Waals surface area contributed by atoms with E-state index >= 15 is 0 Å². The second kappa shape index (κ2) is 5.96. The molecule has 1 aromatic carbocycles. The number of nitrogens with one attached hydrogen (secondary N) is 1. The highest BCUT2D eigenvalue weighted by atomic mass is 16.5. The molecule has 3 rings (SSSR count). The summed E-state index contributed by atoms with van der Waals surface area (Å²) in [7, 11) is 0. The first-order valence-corrected chi connectivity index (χ1v) is 7.75. The van der Waals surface area contributed by atoms with Crippen molar-refractivity contribution in [1.82, 2.24) is 5.32 Å². The Kier molecular flexibility index (Phi) is 4.06. The van der Waals surface area contributed by atoms with Gasteiger partial charge in [0.15, 0.2) is 0 Å². The number of hydrogen-bond acceptors (Lipinski definition) is 2. The van der Waals surface area contributed by atoms with Crippen LogP contribution in [0.15, 0.2) is 30.3 Å². The van der Waals surface area contributed by atoms with Gasteiger partial charge in [-0.3, -0.25) is 4.79 Å². The minimum atomic E-state index is -0.387. The third kappa shape index (κ3) is 2.59. The van der Waals surface area contributed by atoms with Gasteiger partial charge in [-0.25, -0.2) is 0 Å². The van der Waals surface area contributed by atoms with Gasteiger partial charge in [0.1, 0.15) is 0 Å². The summed E-state index contributed by atoms with van der Waals surface area (Å²) in [5.74, 6) is 0.207. The van der Waals surface area contributed by atoms with Crippen LogP contribution in [0, 0.1) is 0 Å². The Labute approximate surface area is 120 Å². The zero-order valence-corrected chi connectivity index (χ0v) is 11.9. The summed E-state index contributed by atoms with van der Waals surface area (Å²) >= 11 is 0.